The second-order valence-corrected chi connectivity index (χ2v) is 2.31. The van der Waals surface area contributed by atoms with Crippen LogP contribution in [0.1, 0.15) is 5.56 Å². The number of nitrogens with zero attached hydrogens (tertiary/aromatic N) is 1. The molecule has 0 aliphatic carbocycles. The summed E-state index contributed by atoms with van der Waals surface area (Å²) in [6, 6.07) is 1.42. The normalized spacial score (nSPS) is 8.83. The lowest BCUT2D eigenvalue weighted by Crippen LogP contribution is -1.94. The first-order valence-corrected chi connectivity index (χ1v) is 3.73. The lowest BCUT2D eigenvalue weighted by molar-refractivity contribution is 0.588. The first-order chi connectivity index (χ1) is 5.74. The highest BCUT2D eigenvalue weighted by atomic mass is 35.5. The quantitative estimate of drug-likeness (QED) is 0.376. The van der Waals surface area contributed by atoms with E-state index in [0.29, 0.717) is 5.56 Å². The summed E-state index contributed by atoms with van der Waals surface area (Å²) in [5.74, 6) is 4.84. The molecule has 0 aliphatic heterocycles. The van der Waals surface area contributed by atoms with Crippen LogP contribution in [-0.4, -0.2) is 10.9 Å². The SMILES string of the molecule is Nc1cc(C#CCCl)cnc1F. The fourth-order valence-electron chi connectivity index (χ4n) is 0.669. The Bertz CT molecular complexity index is 341. The summed E-state index contributed by atoms with van der Waals surface area (Å²) < 4.78 is 12.5. The smallest absolute Gasteiger partial charge is 0.236 e. The van der Waals surface area contributed by atoms with E-state index in [1.807, 2.05) is 0 Å². The van der Waals surface area contributed by atoms with Crippen LogP contribution in [0.15, 0.2) is 12.3 Å². The molecule has 0 unspecified atom stereocenters. The van der Waals surface area contributed by atoms with E-state index in [4.69, 9.17) is 17.3 Å². The first-order valence-electron chi connectivity index (χ1n) is 3.20. The molecule has 0 spiro atoms. The molecule has 1 rings (SSSR count). The molecular weight excluding hydrogens is 179 g/mol. The maximum atomic E-state index is 12.5. The maximum Gasteiger partial charge on any atom is 0.236 e. The molecular formula is C8H6ClFN2. The minimum Gasteiger partial charge on any atom is -0.395 e. The average molecular weight is 185 g/mol. The molecule has 0 atom stereocenters. The third-order valence-corrected chi connectivity index (χ3v) is 1.30. The van der Waals surface area contributed by atoms with E-state index in [2.05, 4.69) is 16.8 Å². The second-order valence-electron chi connectivity index (χ2n) is 2.04. The average Bonchev–Trinajstić information content (AvgIpc) is 2.07. The van der Waals surface area contributed by atoms with E-state index in [0.717, 1.165) is 0 Å². The van der Waals surface area contributed by atoms with Crippen molar-refractivity contribution < 1.29 is 4.39 Å². The van der Waals surface area contributed by atoms with Gasteiger partial charge in [-0.05, 0) is 6.07 Å². The van der Waals surface area contributed by atoms with Gasteiger partial charge in [0.25, 0.3) is 0 Å². The van der Waals surface area contributed by atoms with Crippen molar-refractivity contribution >= 4 is 17.3 Å². The van der Waals surface area contributed by atoms with Gasteiger partial charge in [0.05, 0.1) is 11.6 Å². The van der Waals surface area contributed by atoms with E-state index in [9.17, 15) is 4.39 Å². The highest BCUT2D eigenvalue weighted by molar-refractivity contribution is 6.19. The molecule has 12 heavy (non-hydrogen) atoms. The molecule has 0 radical (unpaired) electrons. The van der Waals surface area contributed by atoms with Crippen molar-refractivity contribution in [1.82, 2.24) is 4.98 Å². The van der Waals surface area contributed by atoms with Crippen LogP contribution in [0.3, 0.4) is 0 Å². The van der Waals surface area contributed by atoms with Crippen LogP contribution in [0.25, 0.3) is 0 Å². The summed E-state index contributed by atoms with van der Waals surface area (Å²) in [6.45, 7) is 0. The van der Waals surface area contributed by atoms with E-state index in [-0.39, 0.29) is 11.6 Å². The number of rotatable bonds is 0. The van der Waals surface area contributed by atoms with Gasteiger partial charge in [0.2, 0.25) is 5.95 Å². The summed E-state index contributed by atoms with van der Waals surface area (Å²) in [7, 11) is 0. The zero-order valence-corrected chi connectivity index (χ0v) is 6.90. The van der Waals surface area contributed by atoms with Crippen LogP contribution >= 0.6 is 11.6 Å². The van der Waals surface area contributed by atoms with Gasteiger partial charge >= 0.3 is 0 Å². The first kappa shape index (κ1) is 8.82. The van der Waals surface area contributed by atoms with Crippen LogP contribution in [-0.2, 0) is 0 Å². The number of hydrogen-bond acceptors (Lipinski definition) is 2. The van der Waals surface area contributed by atoms with Gasteiger partial charge in [-0.1, -0.05) is 11.8 Å². The number of aromatic nitrogens is 1. The molecule has 0 aliphatic rings. The fourth-order valence-corrected chi connectivity index (χ4v) is 0.736. The highest BCUT2D eigenvalue weighted by Crippen LogP contribution is 2.07. The number of alkyl halides is 1. The number of halogens is 2. The standard InChI is InChI=1S/C8H6ClFN2/c9-3-1-2-6-4-7(11)8(10)12-5-6/h4-5H,3,11H2. The summed E-state index contributed by atoms with van der Waals surface area (Å²) in [4.78, 5) is 3.39. The van der Waals surface area contributed by atoms with E-state index >= 15 is 0 Å². The van der Waals surface area contributed by atoms with Gasteiger partial charge in [-0.3, -0.25) is 0 Å². The van der Waals surface area contributed by atoms with Crippen molar-refractivity contribution in [2.75, 3.05) is 11.6 Å². The highest BCUT2D eigenvalue weighted by Gasteiger charge is 1.97. The van der Waals surface area contributed by atoms with Gasteiger partial charge in [-0.15, -0.1) is 11.6 Å². The van der Waals surface area contributed by atoms with Gasteiger partial charge in [0, 0.05) is 11.8 Å². The van der Waals surface area contributed by atoms with Gasteiger partial charge < -0.3 is 5.73 Å². The molecule has 0 bridgehead atoms. The number of nitrogen functional groups attached to an aromatic ring is 1. The van der Waals surface area contributed by atoms with E-state index in [1.165, 1.54) is 12.3 Å². The van der Waals surface area contributed by atoms with Crippen LogP contribution in [0.5, 0.6) is 0 Å². The Morgan fingerprint density at radius 1 is 1.67 bits per heavy atom. The van der Waals surface area contributed by atoms with Gasteiger partial charge in [-0.25, -0.2) is 4.98 Å². The van der Waals surface area contributed by atoms with Crippen molar-refractivity contribution in [2.24, 2.45) is 0 Å². The van der Waals surface area contributed by atoms with Crippen LogP contribution in [0, 0.1) is 17.8 Å². The van der Waals surface area contributed by atoms with Crippen molar-refractivity contribution in [3.8, 4) is 11.8 Å². The summed E-state index contributed by atoms with van der Waals surface area (Å²) >= 11 is 5.32. The Kier molecular flexibility index (Phi) is 2.89. The minimum absolute atomic E-state index is 0.00336. The third kappa shape index (κ3) is 2.11. The zero-order valence-electron chi connectivity index (χ0n) is 6.14. The predicted octanol–water partition coefficient (Wildman–Crippen LogP) is 1.39. The van der Waals surface area contributed by atoms with Crippen molar-refractivity contribution in [3.63, 3.8) is 0 Å². The Morgan fingerprint density at radius 3 is 3.00 bits per heavy atom. The van der Waals surface area contributed by atoms with Gasteiger partial charge in [0.15, 0.2) is 0 Å². The molecule has 1 heterocycles. The fraction of sp³-hybridized carbons (Fsp3) is 0.125. The predicted molar refractivity (Wildman–Crippen MR) is 46.2 cm³/mol. The van der Waals surface area contributed by atoms with Crippen molar-refractivity contribution in [2.45, 2.75) is 0 Å². The van der Waals surface area contributed by atoms with Crippen molar-refractivity contribution in [1.29, 1.82) is 0 Å². The van der Waals surface area contributed by atoms with Gasteiger partial charge in [-0.2, -0.15) is 4.39 Å². The molecule has 0 fully saturated rings. The molecule has 2 N–H and O–H groups in total. The molecule has 0 saturated carbocycles. The number of nitrogens with two attached hydrogens (primary N) is 1. The Balaban J connectivity index is 2.97. The molecule has 1 aromatic rings. The molecule has 4 heteroatoms. The largest absolute Gasteiger partial charge is 0.395 e. The van der Waals surface area contributed by atoms with Crippen molar-refractivity contribution in [3.05, 3.63) is 23.8 Å². The molecule has 1 aromatic heterocycles. The number of anilines is 1. The lowest BCUT2D eigenvalue weighted by Gasteiger charge is -1.94. The summed E-state index contributed by atoms with van der Waals surface area (Å²) in [6.07, 6.45) is 1.31. The minimum atomic E-state index is -0.675. The molecule has 0 saturated heterocycles. The van der Waals surface area contributed by atoms with Crippen LogP contribution in [0.4, 0.5) is 10.1 Å². The van der Waals surface area contributed by atoms with Crippen LogP contribution in [0.2, 0.25) is 0 Å². The topological polar surface area (TPSA) is 38.9 Å². The summed E-state index contributed by atoms with van der Waals surface area (Å²) in [5, 5.41) is 0. The number of hydrogen-bond donors (Lipinski definition) is 1. The monoisotopic (exact) mass is 184 g/mol. The van der Waals surface area contributed by atoms with E-state index < -0.39 is 5.95 Å². The Labute approximate surface area is 74.6 Å². The Hall–Kier alpha value is -1.27. The third-order valence-electron chi connectivity index (χ3n) is 1.17. The maximum absolute atomic E-state index is 12.5. The van der Waals surface area contributed by atoms with E-state index in [1.54, 1.807) is 0 Å². The second kappa shape index (κ2) is 3.93. The van der Waals surface area contributed by atoms with Crippen LogP contribution < -0.4 is 5.73 Å². The zero-order chi connectivity index (χ0) is 8.97. The number of pyridine rings is 1. The lowest BCUT2D eigenvalue weighted by atomic mass is 10.3. The molecule has 0 aromatic carbocycles. The molecule has 62 valence electrons. The molecule has 0 amide bonds. The molecule has 2 nitrogen and oxygen atoms in total. The Morgan fingerprint density at radius 2 is 2.42 bits per heavy atom. The summed E-state index contributed by atoms with van der Waals surface area (Å²) in [5.41, 5.74) is 5.82. The van der Waals surface area contributed by atoms with Gasteiger partial charge in [0.1, 0.15) is 0 Å².